The monoisotopic (exact) mass is 328 g/mol. The molecule has 6 heteroatoms. The minimum Gasteiger partial charge on any atom is -0.349 e. The molecule has 0 bridgehead atoms. The van der Waals surface area contributed by atoms with Gasteiger partial charge in [-0.05, 0) is 30.9 Å². The maximum absolute atomic E-state index is 12.7. The van der Waals surface area contributed by atoms with E-state index in [2.05, 4.69) is 17.2 Å². The minimum absolute atomic E-state index is 0.107. The second-order valence-corrected chi connectivity index (χ2v) is 6.58. The standard InChI is InChI=1S/C18H24N4O2/c1-13-7-9-21(10-8-13)18(24)12-22-16-6-4-3-5-15(16)20-17(22)11-19-14(2)23/h3-6,13H,7-12H2,1-2H3,(H,19,23). The number of fused-ring (bicyclic) bond motifs is 1. The molecule has 1 saturated heterocycles. The molecule has 1 fully saturated rings. The minimum atomic E-state index is -0.107. The number of piperidine rings is 1. The molecule has 0 unspecified atom stereocenters. The van der Waals surface area contributed by atoms with Crippen LogP contribution in [-0.2, 0) is 22.7 Å². The van der Waals surface area contributed by atoms with Crippen LogP contribution in [0.3, 0.4) is 0 Å². The zero-order chi connectivity index (χ0) is 17.1. The summed E-state index contributed by atoms with van der Waals surface area (Å²) < 4.78 is 1.92. The van der Waals surface area contributed by atoms with Crippen LogP contribution in [0.2, 0.25) is 0 Å². The average Bonchev–Trinajstić information content (AvgIpc) is 2.91. The molecule has 1 aromatic carbocycles. The van der Waals surface area contributed by atoms with Crippen molar-refractivity contribution in [3.63, 3.8) is 0 Å². The number of carbonyl (C=O) groups excluding carboxylic acids is 2. The Hall–Kier alpha value is -2.37. The van der Waals surface area contributed by atoms with E-state index in [-0.39, 0.29) is 18.4 Å². The van der Waals surface area contributed by atoms with Gasteiger partial charge in [-0.15, -0.1) is 0 Å². The quantitative estimate of drug-likeness (QED) is 0.932. The fourth-order valence-corrected chi connectivity index (χ4v) is 3.13. The van der Waals surface area contributed by atoms with E-state index in [9.17, 15) is 9.59 Å². The van der Waals surface area contributed by atoms with E-state index < -0.39 is 0 Å². The van der Waals surface area contributed by atoms with Gasteiger partial charge in [-0.2, -0.15) is 0 Å². The van der Waals surface area contributed by atoms with E-state index in [0.717, 1.165) is 37.0 Å². The van der Waals surface area contributed by atoms with Crippen molar-refractivity contribution in [3.05, 3.63) is 30.1 Å². The highest BCUT2D eigenvalue weighted by atomic mass is 16.2. The summed E-state index contributed by atoms with van der Waals surface area (Å²) in [5.74, 6) is 1.42. The molecule has 0 aliphatic carbocycles. The molecule has 2 heterocycles. The molecular formula is C18H24N4O2. The van der Waals surface area contributed by atoms with Gasteiger partial charge in [0.1, 0.15) is 12.4 Å². The third-order valence-electron chi connectivity index (χ3n) is 4.66. The number of likely N-dealkylation sites (tertiary alicyclic amines) is 1. The van der Waals surface area contributed by atoms with E-state index in [4.69, 9.17) is 0 Å². The maximum Gasteiger partial charge on any atom is 0.242 e. The topological polar surface area (TPSA) is 67.2 Å². The van der Waals surface area contributed by atoms with E-state index in [1.54, 1.807) is 0 Å². The van der Waals surface area contributed by atoms with Crippen molar-refractivity contribution in [2.45, 2.75) is 39.8 Å². The molecule has 0 radical (unpaired) electrons. The predicted molar refractivity (Wildman–Crippen MR) is 92.2 cm³/mol. The van der Waals surface area contributed by atoms with Gasteiger partial charge in [-0.1, -0.05) is 19.1 Å². The fraction of sp³-hybridized carbons (Fsp3) is 0.500. The first-order chi connectivity index (χ1) is 11.5. The molecule has 1 N–H and O–H groups in total. The number of nitrogens with one attached hydrogen (secondary N) is 1. The van der Waals surface area contributed by atoms with Crippen molar-refractivity contribution in [2.75, 3.05) is 13.1 Å². The van der Waals surface area contributed by atoms with E-state index in [0.29, 0.717) is 18.3 Å². The molecule has 2 aromatic rings. The van der Waals surface area contributed by atoms with E-state index in [1.165, 1.54) is 6.92 Å². The molecule has 0 spiro atoms. The molecule has 3 rings (SSSR count). The number of imidazole rings is 1. The fourth-order valence-electron chi connectivity index (χ4n) is 3.13. The normalized spacial score (nSPS) is 15.7. The number of hydrogen-bond acceptors (Lipinski definition) is 3. The number of benzene rings is 1. The average molecular weight is 328 g/mol. The Bertz CT molecular complexity index is 745. The lowest BCUT2D eigenvalue weighted by Crippen LogP contribution is -2.40. The van der Waals surface area contributed by atoms with Gasteiger partial charge in [0, 0.05) is 20.0 Å². The zero-order valence-electron chi connectivity index (χ0n) is 14.3. The smallest absolute Gasteiger partial charge is 0.242 e. The number of para-hydroxylation sites is 2. The van der Waals surface area contributed by atoms with Gasteiger partial charge in [0.15, 0.2) is 0 Å². The lowest BCUT2D eigenvalue weighted by atomic mass is 9.99. The first-order valence-electron chi connectivity index (χ1n) is 8.51. The van der Waals surface area contributed by atoms with Crippen LogP contribution in [0.15, 0.2) is 24.3 Å². The Balaban J connectivity index is 1.82. The maximum atomic E-state index is 12.7. The van der Waals surface area contributed by atoms with Crippen LogP contribution in [-0.4, -0.2) is 39.4 Å². The lowest BCUT2D eigenvalue weighted by Gasteiger charge is -2.30. The Kier molecular flexibility index (Phi) is 4.83. The molecule has 6 nitrogen and oxygen atoms in total. The largest absolute Gasteiger partial charge is 0.349 e. The SMILES string of the molecule is CC(=O)NCc1nc2ccccc2n1CC(=O)N1CCC(C)CC1. The van der Waals surface area contributed by atoms with Crippen LogP contribution >= 0.6 is 0 Å². The summed E-state index contributed by atoms with van der Waals surface area (Å²) in [7, 11) is 0. The summed E-state index contributed by atoms with van der Waals surface area (Å²) in [6.45, 7) is 5.96. The van der Waals surface area contributed by atoms with Crippen molar-refractivity contribution >= 4 is 22.8 Å². The molecule has 128 valence electrons. The molecule has 1 aliphatic heterocycles. The van der Waals surface area contributed by atoms with Gasteiger partial charge in [0.05, 0.1) is 17.6 Å². The van der Waals surface area contributed by atoms with E-state index >= 15 is 0 Å². The van der Waals surface area contributed by atoms with Gasteiger partial charge < -0.3 is 14.8 Å². The number of rotatable bonds is 4. The summed E-state index contributed by atoms with van der Waals surface area (Å²) in [5, 5.41) is 2.77. The second kappa shape index (κ2) is 7.03. The number of nitrogens with zero attached hydrogens (tertiary/aromatic N) is 3. The highest BCUT2D eigenvalue weighted by molar-refractivity contribution is 5.81. The number of carbonyl (C=O) groups is 2. The Morgan fingerprint density at radius 3 is 2.67 bits per heavy atom. The zero-order valence-corrected chi connectivity index (χ0v) is 14.3. The lowest BCUT2D eigenvalue weighted by molar-refractivity contribution is -0.133. The van der Waals surface area contributed by atoms with Gasteiger partial charge in [0.2, 0.25) is 11.8 Å². The third kappa shape index (κ3) is 3.58. The summed E-state index contributed by atoms with van der Waals surface area (Å²) in [5.41, 5.74) is 1.77. The first-order valence-corrected chi connectivity index (χ1v) is 8.51. The molecule has 1 aromatic heterocycles. The van der Waals surface area contributed by atoms with Crippen molar-refractivity contribution in [3.8, 4) is 0 Å². The summed E-state index contributed by atoms with van der Waals surface area (Å²) in [6.07, 6.45) is 2.13. The first kappa shape index (κ1) is 16.5. The van der Waals surface area contributed by atoms with Gasteiger partial charge in [-0.3, -0.25) is 9.59 Å². The highest BCUT2D eigenvalue weighted by Gasteiger charge is 2.22. The van der Waals surface area contributed by atoms with Crippen LogP contribution in [0, 0.1) is 5.92 Å². The van der Waals surface area contributed by atoms with Crippen molar-refractivity contribution in [1.29, 1.82) is 0 Å². The number of hydrogen-bond donors (Lipinski definition) is 1. The summed E-state index contributed by atoms with van der Waals surface area (Å²) >= 11 is 0. The van der Waals surface area contributed by atoms with Crippen LogP contribution in [0.1, 0.15) is 32.5 Å². The molecule has 24 heavy (non-hydrogen) atoms. The third-order valence-corrected chi connectivity index (χ3v) is 4.66. The van der Waals surface area contributed by atoms with Gasteiger partial charge in [0.25, 0.3) is 0 Å². The molecular weight excluding hydrogens is 304 g/mol. The Morgan fingerprint density at radius 1 is 1.25 bits per heavy atom. The predicted octanol–water partition coefficient (Wildman–Crippen LogP) is 1.93. The molecule has 1 aliphatic rings. The number of aromatic nitrogens is 2. The van der Waals surface area contributed by atoms with Gasteiger partial charge in [-0.25, -0.2) is 4.98 Å². The number of amides is 2. The summed E-state index contributed by atoms with van der Waals surface area (Å²) in [6, 6.07) is 7.76. The van der Waals surface area contributed by atoms with Crippen LogP contribution in [0.5, 0.6) is 0 Å². The van der Waals surface area contributed by atoms with Crippen LogP contribution < -0.4 is 5.32 Å². The second-order valence-electron chi connectivity index (χ2n) is 6.58. The molecule has 0 saturated carbocycles. The van der Waals surface area contributed by atoms with Crippen molar-refractivity contribution < 1.29 is 9.59 Å². The van der Waals surface area contributed by atoms with Crippen LogP contribution in [0.4, 0.5) is 0 Å². The van der Waals surface area contributed by atoms with Crippen LogP contribution in [0.25, 0.3) is 11.0 Å². The van der Waals surface area contributed by atoms with E-state index in [1.807, 2.05) is 33.7 Å². The summed E-state index contributed by atoms with van der Waals surface area (Å²) in [4.78, 5) is 30.4. The van der Waals surface area contributed by atoms with Crippen molar-refractivity contribution in [2.24, 2.45) is 5.92 Å². The Morgan fingerprint density at radius 2 is 1.96 bits per heavy atom. The molecule has 2 amide bonds. The molecule has 0 atom stereocenters. The Labute approximate surface area is 141 Å². The van der Waals surface area contributed by atoms with Gasteiger partial charge >= 0.3 is 0 Å². The van der Waals surface area contributed by atoms with Crippen molar-refractivity contribution in [1.82, 2.24) is 19.8 Å². The highest BCUT2D eigenvalue weighted by Crippen LogP contribution is 2.19.